The second-order valence-corrected chi connectivity index (χ2v) is 6.63. The number of hydrogen-bond donors (Lipinski definition) is 2. The van der Waals surface area contributed by atoms with Crippen LogP contribution in [0.1, 0.15) is 26.2 Å². The lowest BCUT2D eigenvalue weighted by atomic mass is 10.2. The fourth-order valence-corrected chi connectivity index (χ4v) is 3.35. The van der Waals surface area contributed by atoms with E-state index in [1.54, 1.807) is 0 Å². The maximum atomic E-state index is 12.1. The predicted octanol–water partition coefficient (Wildman–Crippen LogP) is 2.21. The molecule has 0 unspecified atom stereocenters. The van der Waals surface area contributed by atoms with Gasteiger partial charge in [0.1, 0.15) is 6.54 Å². The molecule has 6 nitrogen and oxygen atoms in total. The largest absolute Gasteiger partial charge is 0.357 e. The molecule has 1 fully saturated rings. The normalized spacial score (nSPS) is 14.8. The van der Waals surface area contributed by atoms with Crippen molar-refractivity contribution in [1.82, 2.24) is 20.1 Å². The zero-order valence-corrected chi connectivity index (χ0v) is 15.6. The molecule has 0 saturated carbocycles. The molecular weight excluding hydrogens is 326 g/mol. The number of hydrogen-bond acceptors (Lipinski definition) is 2. The molecule has 0 radical (unpaired) electrons. The quantitative estimate of drug-likeness (QED) is 0.455. The SMILES string of the molecule is CCNC(=NCC(=O)N1CCCC1)NCCCn1ccc2ccccc21. The number of aliphatic imine (C=N–C) groups is 1. The number of nitrogens with one attached hydrogen (secondary N) is 2. The summed E-state index contributed by atoms with van der Waals surface area (Å²) in [4.78, 5) is 18.5. The third-order valence-electron chi connectivity index (χ3n) is 4.72. The standard InChI is InChI=1S/C20H29N5O/c1-2-21-20(23-16-19(26)25-12-5-6-13-25)22-11-7-14-24-15-10-17-8-3-4-9-18(17)24/h3-4,8-10,15H,2,5-7,11-14,16H2,1H3,(H2,21,22,23). The van der Waals surface area contributed by atoms with Gasteiger partial charge >= 0.3 is 0 Å². The molecule has 0 spiro atoms. The molecule has 1 aliphatic heterocycles. The van der Waals surface area contributed by atoms with Crippen LogP contribution in [0.15, 0.2) is 41.5 Å². The molecule has 0 bridgehead atoms. The maximum Gasteiger partial charge on any atom is 0.244 e. The van der Waals surface area contributed by atoms with Gasteiger partial charge in [0, 0.05) is 44.4 Å². The van der Waals surface area contributed by atoms with Gasteiger partial charge < -0.3 is 20.1 Å². The molecule has 140 valence electrons. The van der Waals surface area contributed by atoms with Crippen LogP contribution in [-0.4, -0.2) is 54.1 Å². The van der Waals surface area contributed by atoms with E-state index in [2.05, 4.69) is 56.7 Å². The third-order valence-corrected chi connectivity index (χ3v) is 4.72. The Hall–Kier alpha value is -2.50. The van der Waals surface area contributed by atoms with Crippen LogP contribution in [0.5, 0.6) is 0 Å². The van der Waals surface area contributed by atoms with E-state index in [1.807, 2.05) is 11.8 Å². The second kappa shape index (κ2) is 9.27. The van der Waals surface area contributed by atoms with E-state index < -0.39 is 0 Å². The van der Waals surface area contributed by atoms with Crippen molar-refractivity contribution in [3.05, 3.63) is 36.5 Å². The van der Waals surface area contributed by atoms with Crippen LogP contribution in [0.2, 0.25) is 0 Å². The van der Waals surface area contributed by atoms with Gasteiger partial charge in [-0.05, 0) is 43.7 Å². The van der Waals surface area contributed by atoms with Gasteiger partial charge in [-0.15, -0.1) is 0 Å². The summed E-state index contributed by atoms with van der Waals surface area (Å²) in [6.07, 6.45) is 5.35. The maximum absolute atomic E-state index is 12.1. The van der Waals surface area contributed by atoms with Crippen LogP contribution in [-0.2, 0) is 11.3 Å². The number of aryl methyl sites for hydroxylation is 1. The number of guanidine groups is 1. The number of fused-ring (bicyclic) bond motifs is 1. The Morgan fingerprint density at radius 3 is 2.77 bits per heavy atom. The molecule has 2 N–H and O–H groups in total. The van der Waals surface area contributed by atoms with Crippen molar-refractivity contribution in [2.24, 2.45) is 4.99 Å². The number of benzene rings is 1. The summed E-state index contributed by atoms with van der Waals surface area (Å²) in [5.41, 5.74) is 1.27. The van der Waals surface area contributed by atoms with Gasteiger partial charge in [-0.25, -0.2) is 4.99 Å². The molecular formula is C20H29N5O. The highest BCUT2D eigenvalue weighted by Gasteiger charge is 2.17. The number of likely N-dealkylation sites (tertiary alicyclic amines) is 1. The topological polar surface area (TPSA) is 61.7 Å². The van der Waals surface area contributed by atoms with Crippen LogP contribution in [0.3, 0.4) is 0 Å². The van der Waals surface area contributed by atoms with Gasteiger partial charge in [-0.2, -0.15) is 0 Å². The summed E-state index contributed by atoms with van der Waals surface area (Å²) in [7, 11) is 0. The summed E-state index contributed by atoms with van der Waals surface area (Å²) in [5.74, 6) is 0.843. The summed E-state index contributed by atoms with van der Waals surface area (Å²) in [6.45, 7) is 6.56. The van der Waals surface area contributed by atoms with Gasteiger partial charge in [0.25, 0.3) is 0 Å². The monoisotopic (exact) mass is 355 g/mol. The number of amides is 1. The Balaban J connectivity index is 1.45. The second-order valence-electron chi connectivity index (χ2n) is 6.63. The van der Waals surface area contributed by atoms with Gasteiger partial charge in [-0.1, -0.05) is 18.2 Å². The van der Waals surface area contributed by atoms with E-state index in [0.29, 0.717) is 0 Å². The highest BCUT2D eigenvalue weighted by molar-refractivity contribution is 5.85. The minimum atomic E-state index is 0.124. The molecule has 1 aromatic heterocycles. The first kappa shape index (κ1) is 18.3. The lowest BCUT2D eigenvalue weighted by Crippen LogP contribution is -2.39. The van der Waals surface area contributed by atoms with E-state index >= 15 is 0 Å². The van der Waals surface area contributed by atoms with Crippen LogP contribution in [0, 0.1) is 0 Å². The zero-order chi connectivity index (χ0) is 18.2. The van der Waals surface area contributed by atoms with Crippen LogP contribution in [0.25, 0.3) is 10.9 Å². The van der Waals surface area contributed by atoms with Crippen molar-refractivity contribution < 1.29 is 4.79 Å². The first-order chi connectivity index (χ1) is 12.8. The number of para-hydroxylation sites is 1. The molecule has 1 aromatic carbocycles. The number of nitrogens with zero attached hydrogens (tertiary/aromatic N) is 3. The van der Waals surface area contributed by atoms with Crippen LogP contribution < -0.4 is 10.6 Å². The molecule has 1 aliphatic rings. The number of rotatable bonds is 7. The molecule has 6 heteroatoms. The Labute approximate surface area is 155 Å². The van der Waals surface area contributed by atoms with Gasteiger partial charge in [0.05, 0.1) is 0 Å². The molecule has 0 atom stereocenters. The van der Waals surface area contributed by atoms with E-state index in [-0.39, 0.29) is 12.5 Å². The summed E-state index contributed by atoms with van der Waals surface area (Å²) >= 11 is 0. The van der Waals surface area contributed by atoms with Crippen LogP contribution in [0.4, 0.5) is 0 Å². The van der Waals surface area contributed by atoms with E-state index in [9.17, 15) is 4.79 Å². The average molecular weight is 355 g/mol. The fourth-order valence-electron chi connectivity index (χ4n) is 3.35. The molecule has 26 heavy (non-hydrogen) atoms. The molecule has 1 saturated heterocycles. The van der Waals surface area contributed by atoms with Gasteiger partial charge in [0.15, 0.2) is 5.96 Å². The fraction of sp³-hybridized carbons (Fsp3) is 0.500. The first-order valence-corrected chi connectivity index (χ1v) is 9.62. The Morgan fingerprint density at radius 1 is 1.15 bits per heavy atom. The molecule has 1 amide bonds. The van der Waals surface area contributed by atoms with Crippen molar-refractivity contribution in [3.8, 4) is 0 Å². The Morgan fingerprint density at radius 2 is 1.96 bits per heavy atom. The molecule has 0 aliphatic carbocycles. The van der Waals surface area contributed by atoms with E-state index in [1.165, 1.54) is 10.9 Å². The third kappa shape index (κ3) is 4.77. The van der Waals surface area contributed by atoms with Crippen molar-refractivity contribution in [1.29, 1.82) is 0 Å². The average Bonchev–Trinajstić information content (AvgIpc) is 3.33. The first-order valence-electron chi connectivity index (χ1n) is 9.62. The molecule has 2 heterocycles. The molecule has 2 aromatic rings. The lowest BCUT2D eigenvalue weighted by Gasteiger charge is -2.15. The number of carbonyl (C=O) groups is 1. The number of aromatic nitrogens is 1. The lowest BCUT2D eigenvalue weighted by molar-refractivity contribution is -0.128. The summed E-state index contributed by atoms with van der Waals surface area (Å²) in [6, 6.07) is 10.6. The van der Waals surface area contributed by atoms with Crippen molar-refractivity contribution in [3.63, 3.8) is 0 Å². The predicted molar refractivity (Wildman–Crippen MR) is 106 cm³/mol. The highest BCUT2D eigenvalue weighted by Crippen LogP contribution is 2.15. The Bertz CT molecular complexity index is 745. The zero-order valence-electron chi connectivity index (χ0n) is 15.6. The minimum absolute atomic E-state index is 0.124. The van der Waals surface area contributed by atoms with Gasteiger partial charge in [-0.3, -0.25) is 4.79 Å². The van der Waals surface area contributed by atoms with Crippen LogP contribution >= 0.6 is 0 Å². The van der Waals surface area contributed by atoms with Crippen molar-refractivity contribution in [2.75, 3.05) is 32.7 Å². The van der Waals surface area contributed by atoms with E-state index in [4.69, 9.17) is 0 Å². The minimum Gasteiger partial charge on any atom is -0.357 e. The smallest absolute Gasteiger partial charge is 0.244 e. The summed E-state index contributed by atoms with van der Waals surface area (Å²) < 4.78 is 2.28. The Kier molecular flexibility index (Phi) is 6.52. The van der Waals surface area contributed by atoms with Crippen molar-refractivity contribution in [2.45, 2.75) is 32.7 Å². The van der Waals surface area contributed by atoms with E-state index in [0.717, 1.165) is 57.9 Å². The summed E-state index contributed by atoms with van der Waals surface area (Å²) in [5, 5.41) is 7.82. The van der Waals surface area contributed by atoms with Gasteiger partial charge in [0.2, 0.25) is 5.91 Å². The van der Waals surface area contributed by atoms with Crippen molar-refractivity contribution >= 4 is 22.8 Å². The molecule has 3 rings (SSSR count). The number of carbonyl (C=O) groups excluding carboxylic acids is 1. The highest BCUT2D eigenvalue weighted by atomic mass is 16.2.